The van der Waals surface area contributed by atoms with Crippen LogP contribution >= 0.6 is 11.5 Å². The smallest absolute Gasteiger partial charge is 0.126 e. The number of aromatic nitrogens is 2. The maximum atomic E-state index is 10.6. The van der Waals surface area contributed by atoms with Crippen LogP contribution in [0.2, 0.25) is 0 Å². The molecule has 0 spiro atoms. The number of carbonyl (C=O) groups excluding carboxylic acids is 1. The molecule has 1 aromatic rings. The van der Waals surface area contributed by atoms with E-state index in [1.165, 1.54) is 11.5 Å². The number of aldehydes is 1. The van der Waals surface area contributed by atoms with E-state index in [4.69, 9.17) is 0 Å². The highest BCUT2D eigenvalue weighted by atomic mass is 32.1. The van der Waals surface area contributed by atoms with Gasteiger partial charge in [-0.25, -0.2) is 0 Å². The Morgan fingerprint density at radius 1 is 1.73 bits per heavy atom. The van der Waals surface area contributed by atoms with Gasteiger partial charge in [0, 0.05) is 17.2 Å². The number of nitrogens with zero attached hydrogens (tertiary/aromatic N) is 2. The Morgan fingerprint density at radius 2 is 2.55 bits per heavy atom. The third kappa shape index (κ3) is 1.30. The topological polar surface area (TPSA) is 42.9 Å². The van der Waals surface area contributed by atoms with Crippen molar-refractivity contribution >= 4 is 17.8 Å². The Morgan fingerprint density at radius 3 is 3.00 bits per heavy atom. The molecule has 11 heavy (non-hydrogen) atoms. The minimum Gasteiger partial charge on any atom is -0.303 e. The quantitative estimate of drug-likeness (QED) is 0.634. The number of rotatable bonds is 3. The lowest BCUT2D eigenvalue weighted by atomic mass is 10.0. The summed E-state index contributed by atoms with van der Waals surface area (Å²) in [5, 5.41) is 5.81. The highest BCUT2D eigenvalue weighted by Crippen LogP contribution is 2.45. The maximum Gasteiger partial charge on any atom is 0.126 e. The minimum atomic E-state index is -0.0598. The van der Waals surface area contributed by atoms with Gasteiger partial charge < -0.3 is 4.79 Å². The van der Waals surface area contributed by atoms with Crippen LogP contribution in [0, 0.1) is 5.41 Å². The van der Waals surface area contributed by atoms with Gasteiger partial charge in [0.15, 0.2) is 0 Å². The lowest BCUT2D eigenvalue weighted by molar-refractivity contribution is -0.112. The van der Waals surface area contributed by atoms with Gasteiger partial charge >= 0.3 is 0 Å². The van der Waals surface area contributed by atoms with Crippen molar-refractivity contribution in [1.82, 2.24) is 9.59 Å². The molecule has 0 aliphatic heterocycles. The van der Waals surface area contributed by atoms with Crippen molar-refractivity contribution in [2.45, 2.75) is 19.3 Å². The fourth-order valence-electron chi connectivity index (χ4n) is 1.12. The third-order valence-electron chi connectivity index (χ3n) is 2.08. The fourth-order valence-corrected chi connectivity index (χ4v) is 1.57. The predicted molar refractivity (Wildman–Crippen MR) is 41.3 cm³/mol. The van der Waals surface area contributed by atoms with E-state index in [0.29, 0.717) is 0 Å². The van der Waals surface area contributed by atoms with Crippen molar-refractivity contribution in [3.8, 4) is 0 Å². The molecule has 1 fully saturated rings. The molecule has 3 nitrogen and oxygen atoms in total. The normalized spacial score (nSPS) is 19.6. The van der Waals surface area contributed by atoms with E-state index in [0.717, 1.165) is 31.2 Å². The summed E-state index contributed by atoms with van der Waals surface area (Å²) >= 11 is 1.34. The minimum absolute atomic E-state index is 0.0598. The van der Waals surface area contributed by atoms with Gasteiger partial charge in [0.05, 0.1) is 5.69 Å². The lowest BCUT2D eigenvalue weighted by Gasteiger charge is -2.00. The molecular weight excluding hydrogens is 160 g/mol. The van der Waals surface area contributed by atoms with Gasteiger partial charge in [0.1, 0.15) is 6.29 Å². The SMILES string of the molecule is O=CC1(Cc2csnn2)CC1. The van der Waals surface area contributed by atoms with E-state index < -0.39 is 0 Å². The summed E-state index contributed by atoms with van der Waals surface area (Å²) in [6.07, 6.45) is 3.89. The van der Waals surface area contributed by atoms with Crippen LogP contribution < -0.4 is 0 Å². The van der Waals surface area contributed by atoms with Crippen LogP contribution in [0.3, 0.4) is 0 Å². The van der Waals surface area contributed by atoms with Crippen LogP contribution in [-0.2, 0) is 11.2 Å². The van der Waals surface area contributed by atoms with Gasteiger partial charge in [-0.15, -0.1) is 5.10 Å². The van der Waals surface area contributed by atoms with Crippen molar-refractivity contribution < 1.29 is 4.79 Å². The monoisotopic (exact) mass is 168 g/mol. The molecule has 1 heterocycles. The number of carbonyl (C=O) groups is 1. The van der Waals surface area contributed by atoms with Crippen molar-refractivity contribution in [3.63, 3.8) is 0 Å². The standard InChI is InChI=1S/C7H8N2OS/c10-5-7(1-2-7)3-6-4-11-9-8-6/h4-5H,1-3H2. The molecule has 2 rings (SSSR count). The summed E-state index contributed by atoms with van der Waals surface area (Å²) in [7, 11) is 0. The molecule has 0 saturated heterocycles. The molecule has 58 valence electrons. The van der Waals surface area contributed by atoms with Crippen LogP contribution in [0.15, 0.2) is 5.38 Å². The number of hydrogen-bond donors (Lipinski definition) is 0. The predicted octanol–water partition coefficient (Wildman–Crippen LogP) is 1.06. The Hall–Kier alpha value is -0.770. The molecule has 1 saturated carbocycles. The zero-order valence-electron chi connectivity index (χ0n) is 5.99. The van der Waals surface area contributed by atoms with Gasteiger partial charge in [0.25, 0.3) is 0 Å². The van der Waals surface area contributed by atoms with Crippen LogP contribution in [-0.4, -0.2) is 15.9 Å². The van der Waals surface area contributed by atoms with Crippen molar-refractivity contribution in [2.24, 2.45) is 5.41 Å². The summed E-state index contributed by atoms with van der Waals surface area (Å²) in [6.45, 7) is 0. The molecule has 1 aliphatic carbocycles. The second-order valence-corrected chi connectivity index (χ2v) is 3.66. The van der Waals surface area contributed by atoms with E-state index in [9.17, 15) is 4.79 Å². The Bertz CT molecular complexity index is 253. The Labute approximate surface area is 68.6 Å². The number of hydrogen-bond acceptors (Lipinski definition) is 4. The van der Waals surface area contributed by atoms with Crippen molar-refractivity contribution in [3.05, 3.63) is 11.1 Å². The summed E-state index contributed by atoms with van der Waals surface area (Å²) in [6, 6.07) is 0. The summed E-state index contributed by atoms with van der Waals surface area (Å²) in [4.78, 5) is 10.6. The first-order valence-corrected chi connectivity index (χ1v) is 4.41. The lowest BCUT2D eigenvalue weighted by Crippen LogP contribution is -2.06. The van der Waals surface area contributed by atoms with Crippen LogP contribution in [0.25, 0.3) is 0 Å². The van der Waals surface area contributed by atoms with Gasteiger partial charge in [0.2, 0.25) is 0 Å². The van der Waals surface area contributed by atoms with E-state index in [1.54, 1.807) is 0 Å². The molecular formula is C7H8N2OS. The van der Waals surface area contributed by atoms with Crippen molar-refractivity contribution in [2.75, 3.05) is 0 Å². The molecule has 1 aromatic heterocycles. The highest BCUT2D eigenvalue weighted by Gasteiger charge is 2.42. The first-order valence-electron chi connectivity index (χ1n) is 3.57. The molecule has 0 bridgehead atoms. The molecule has 0 atom stereocenters. The third-order valence-corrected chi connectivity index (χ3v) is 2.63. The second kappa shape index (κ2) is 2.37. The molecule has 1 aliphatic rings. The molecule has 0 amide bonds. The molecule has 0 aromatic carbocycles. The Kier molecular flexibility index (Phi) is 1.49. The van der Waals surface area contributed by atoms with E-state index >= 15 is 0 Å². The molecule has 0 radical (unpaired) electrons. The van der Waals surface area contributed by atoms with Crippen LogP contribution in [0.1, 0.15) is 18.5 Å². The average Bonchev–Trinajstić information content (AvgIpc) is 2.59. The fraction of sp³-hybridized carbons (Fsp3) is 0.571. The molecule has 0 N–H and O–H groups in total. The summed E-state index contributed by atoms with van der Waals surface area (Å²) < 4.78 is 3.74. The zero-order chi connectivity index (χ0) is 7.73. The van der Waals surface area contributed by atoms with Gasteiger partial charge in [-0.2, -0.15) is 0 Å². The summed E-state index contributed by atoms with van der Waals surface area (Å²) in [5.74, 6) is 0. The van der Waals surface area contributed by atoms with E-state index in [1.807, 2.05) is 5.38 Å². The first-order chi connectivity index (χ1) is 5.35. The second-order valence-electron chi connectivity index (χ2n) is 3.05. The largest absolute Gasteiger partial charge is 0.303 e. The van der Waals surface area contributed by atoms with Gasteiger partial charge in [-0.3, -0.25) is 0 Å². The zero-order valence-corrected chi connectivity index (χ0v) is 6.80. The van der Waals surface area contributed by atoms with Crippen molar-refractivity contribution in [1.29, 1.82) is 0 Å². The van der Waals surface area contributed by atoms with Gasteiger partial charge in [-0.1, -0.05) is 4.49 Å². The average molecular weight is 168 g/mol. The van der Waals surface area contributed by atoms with Crippen LogP contribution in [0.5, 0.6) is 0 Å². The maximum absolute atomic E-state index is 10.6. The first kappa shape index (κ1) is 6.91. The van der Waals surface area contributed by atoms with Crippen LogP contribution in [0.4, 0.5) is 0 Å². The molecule has 0 unspecified atom stereocenters. The summed E-state index contributed by atoms with van der Waals surface area (Å²) in [5.41, 5.74) is 0.898. The molecule has 4 heteroatoms. The van der Waals surface area contributed by atoms with Gasteiger partial charge in [-0.05, 0) is 24.4 Å². The van der Waals surface area contributed by atoms with E-state index in [-0.39, 0.29) is 5.41 Å². The highest BCUT2D eigenvalue weighted by molar-refractivity contribution is 7.03. The van der Waals surface area contributed by atoms with E-state index in [2.05, 4.69) is 9.59 Å². The Balaban J connectivity index is 2.06.